The molecule has 0 amide bonds. The minimum Gasteiger partial charge on any atom is -0.383 e. The van der Waals surface area contributed by atoms with Crippen LogP contribution in [0.25, 0.3) is 10.9 Å². The summed E-state index contributed by atoms with van der Waals surface area (Å²) in [6, 6.07) is 1.94. The maximum Gasteiger partial charge on any atom is 0.134 e. The van der Waals surface area contributed by atoms with Gasteiger partial charge in [0.1, 0.15) is 5.82 Å². The molecule has 0 aliphatic heterocycles. The highest BCUT2D eigenvalue weighted by Crippen LogP contribution is 2.27. The lowest BCUT2D eigenvalue weighted by Crippen LogP contribution is -1.94. The lowest BCUT2D eigenvalue weighted by molar-refractivity contribution is 0.729. The molecule has 2 aromatic rings. The lowest BCUT2D eigenvalue weighted by atomic mass is 10.1. The Morgan fingerprint density at radius 3 is 2.50 bits per heavy atom. The lowest BCUT2D eigenvalue weighted by Gasteiger charge is -2.01. The number of hydrogen-bond acceptors (Lipinski definition) is 3. The van der Waals surface area contributed by atoms with Crippen LogP contribution in [0, 0.1) is 0 Å². The molecular weight excluding hydrogens is 200 g/mol. The van der Waals surface area contributed by atoms with E-state index in [2.05, 4.69) is 23.9 Å². The van der Waals surface area contributed by atoms with Crippen molar-refractivity contribution in [3.63, 3.8) is 0 Å². The Morgan fingerprint density at radius 1 is 1.31 bits per heavy atom. The van der Waals surface area contributed by atoms with E-state index in [1.165, 1.54) is 0 Å². The molecule has 0 aromatic carbocycles. The van der Waals surface area contributed by atoms with E-state index < -0.39 is 0 Å². The van der Waals surface area contributed by atoms with Crippen LogP contribution in [0.4, 0.5) is 5.82 Å². The summed E-state index contributed by atoms with van der Waals surface area (Å²) in [6.45, 7) is 8.21. The fourth-order valence-corrected chi connectivity index (χ4v) is 1.67. The second kappa shape index (κ2) is 4.96. The number of hydrogen-bond donors (Lipinski definition) is 1. The van der Waals surface area contributed by atoms with E-state index in [1.54, 1.807) is 6.20 Å². The number of nitrogens with two attached hydrogens (primary N) is 1. The molecule has 0 saturated heterocycles. The number of aryl methyl sites for hydroxylation is 1. The van der Waals surface area contributed by atoms with Gasteiger partial charge in [-0.2, -0.15) is 5.10 Å². The van der Waals surface area contributed by atoms with Crippen molar-refractivity contribution in [3.05, 3.63) is 18.0 Å². The Morgan fingerprint density at radius 2 is 1.94 bits per heavy atom. The SMILES string of the molecule is CC.CC(C)c1nn(C)c2ccnc(N)c12. The summed E-state index contributed by atoms with van der Waals surface area (Å²) in [5.41, 5.74) is 7.91. The summed E-state index contributed by atoms with van der Waals surface area (Å²) in [5, 5.41) is 5.44. The summed E-state index contributed by atoms with van der Waals surface area (Å²) >= 11 is 0. The van der Waals surface area contributed by atoms with Crippen LogP contribution in [0.5, 0.6) is 0 Å². The van der Waals surface area contributed by atoms with Gasteiger partial charge in [0.05, 0.1) is 16.6 Å². The third-order valence-electron chi connectivity index (χ3n) is 2.37. The highest BCUT2D eigenvalue weighted by molar-refractivity contribution is 5.91. The summed E-state index contributed by atoms with van der Waals surface area (Å²) in [5.74, 6) is 0.935. The van der Waals surface area contributed by atoms with Gasteiger partial charge in [-0.1, -0.05) is 27.7 Å². The maximum absolute atomic E-state index is 5.84. The van der Waals surface area contributed by atoms with Crippen LogP contribution in [0.2, 0.25) is 0 Å². The number of nitrogen functional groups attached to an aromatic ring is 1. The van der Waals surface area contributed by atoms with Gasteiger partial charge in [0.2, 0.25) is 0 Å². The first-order valence-electron chi connectivity index (χ1n) is 5.68. The van der Waals surface area contributed by atoms with Gasteiger partial charge in [0.15, 0.2) is 0 Å². The van der Waals surface area contributed by atoms with Crippen LogP contribution in [0.15, 0.2) is 12.3 Å². The Bertz CT molecular complexity index is 471. The summed E-state index contributed by atoms with van der Waals surface area (Å²) < 4.78 is 1.85. The molecule has 2 heterocycles. The normalized spacial score (nSPS) is 10.4. The molecule has 4 heteroatoms. The quantitative estimate of drug-likeness (QED) is 0.804. The number of fused-ring (bicyclic) bond motifs is 1. The zero-order valence-electron chi connectivity index (χ0n) is 10.7. The summed E-state index contributed by atoms with van der Waals surface area (Å²) in [7, 11) is 1.92. The summed E-state index contributed by atoms with van der Waals surface area (Å²) in [4.78, 5) is 4.09. The molecule has 4 nitrogen and oxygen atoms in total. The highest BCUT2D eigenvalue weighted by atomic mass is 15.3. The van der Waals surface area contributed by atoms with Gasteiger partial charge in [-0.25, -0.2) is 4.98 Å². The van der Waals surface area contributed by atoms with Gasteiger partial charge < -0.3 is 5.73 Å². The molecule has 0 spiro atoms. The Labute approximate surface area is 96.5 Å². The van der Waals surface area contributed by atoms with E-state index in [1.807, 2.05) is 31.6 Å². The van der Waals surface area contributed by atoms with E-state index in [4.69, 9.17) is 5.73 Å². The minimum absolute atomic E-state index is 0.366. The second-order valence-corrected chi connectivity index (χ2v) is 3.75. The molecule has 2 aromatic heterocycles. The molecule has 2 rings (SSSR count). The van der Waals surface area contributed by atoms with E-state index >= 15 is 0 Å². The third-order valence-corrected chi connectivity index (χ3v) is 2.37. The molecule has 16 heavy (non-hydrogen) atoms. The van der Waals surface area contributed by atoms with Crippen molar-refractivity contribution < 1.29 is 0 Å². The predicted octanol–water partition coefficient (Wildman–Crippen LogP) is 2.70. The maximum atomic E-state index is 5.84. The third kappa shape index (κ3) is 2.01. The van der Waals surface area contributed by atoms with Crippen LogP contribution in [0.3, 0.4) is 0 Å². The zero-order valence-corrected chi connectivity index (χ0v) is 10.7. The summed E-state index contributed by atoms with van der Waals surface area (Å²) in [6.07, 6.45) is 1.71. The average molecular weight is 220 g/mol. The van der Waals surface area contributed by atoms with Crippen molar-refractivity contribution in [1.29, 1.82) is 0 Å². The van der Waals surface area contributed by atoms with Gasteiger partial charge in [-0.15, -0.1) is 0 Å². The smallest absolute Gasteiger partial charge is 0.134 e. The molecule has 0 fully saturated rings. The van der Waals surface area contributed by atoms with Crippen LogP contribution < -0.4 is 5.73 Å². The Balaban J connectivity index is 0.000000606. The van der Waals surface area contributed by atoms with Gasteiger partial charge in [0, 0.05) is 13.2 Å². The molecule has 0 atom stereocenters. The van der Waals surface area contributed by atoms with Crippen molar-refractivity contribution in [2.45, 2.75) is 33.6 Å². The van der Waals surface area contributed by atoms with Crippen molar-refractivity contribution in [2.75, 3.05) is 5.73 Å². The van der Waals surface area contributed by atoms with Gasteiger partial charge in [0.25, 0.3) is 0 Å². The molecule has 0 saturated carbocycles. The highest BCUT2D eigenvalue weighted by Gasteiger charge is 2.14. The number of anilines is 1. The molecular formula is C12H20N4. The van der Waals surface area contributed by atoms with E-state index in [0.29, 0.717) is 11.7 Å². The Kier molecular flexibility index (Phi) is 3.88. The fraction of sp³-hybridized carbons (Fsp3) is 0.500. The number of pyridine rings is 1. The van der Waals surface area contributed by atoms with E-state index in [-0.39, 0.29) is 0 Å². The first kappa shape index (κ1) is 12.5. The molecule has 0 unspecified atom stereocenters. The number of aromatic nitrogens is 3. The average Bonchev–Trinajstić information content (AvgIpc) is 2.61. The van der Waals surface area contributed by atoms with E-state index in [9.17, 15) is 0 Å². The molecule has 2 N–H and O–H groups in total. The molecule has 0 radical (unpaired) electrons. The topological polar surface area (TPSA) is 56.7 Å². The molecule has 0 bridgehead atoms. The number of nitrogens with zero attached hydrogens (tertiary/aromatic N) is 3. The Hall–Kier alpha value is -1.58. The van der Waals surface area contributed by atoms with Crippen LogP contribution >= 0.6 is 0 Å². The first-order valence-corrected chi connectivity index (χ1v) is 5.68. The zero-order chi connectivity index (χ0) is 12.3. The largest absolute Gasteiger partial charge is 0.383 e. The minimum atomic E-state index is 0.366. The number of rotatable bonds is 1. The molecule has 0 aliphatic rings. The van der Waals surface area contributed by atoms with Crippen molar-refractivity contribution in [1.82, 2.24) is 14.8 Å². The standard InChI is InChI=1S/C10H14N4.C2H6/c1-6(2)9-8-7(14(3)13-9)4-5-12-10(8)11;1-2/h4-6H,1-3H3,(H2,11,12);1-2H3. The first-order chi connectivity index (χ1) is 7.61. The van der Waals surface area contributed by atoms with Crippen molar-refractivity contribution >= 4 is 16.7 Å². The monoisotopic (exact) mass is 220 g/mol. The van der Waals surface area contributed by atoms with E-state index in [0.717, 1.165) is 16.6 Å². The van der Waals surface area contributed by atoms with Gasteiger partial charge >= 0.3 is 0 Å². The van der Waals surface area contributed by atoms with Crippen molar-refractivity contribution in [2.24, 2.45) is 7.05 Å². The van der Waals surface area contributed by atoms with Crippen LogP contribution in [0.1, 0.15) is 39.3 Å². The van der Waals surface area contributed by atoms with Crippen LogP contribution in [-0.4, -0.2) is 14.8 Å². The van der Waals surface area contributed by atoms with Gasteiger partial charge in [-0.05, 0) is 12.0 Å². The molecule has 88 valence electrons. The second-order valence-electron chi connectivity index (χ2n) is 3.75. The van der Waals surface area contributed by atoms with Crippen molar-refractivity contribution in [3.8, 4) is 0 Å². The van der Waals surface area contributed by atoms with Crippen LogP contribution in [-0.2, 0) is 7.05 Å². The van der Waals surface area contributed by atoms with Gasteiger partial charge in [-0.3, -0.25) is 4.68 Å². The fourth-order valence-electron chi connectivity index (χ4n) is 1.67. The molecule has 0 aliphatic carbocycles. The predicted molar refractivity (Wildman–Crippen MR) is 68.4 cm³/mol.